The van der Waals surface area contributed by atoms with Crippen molar-refractivity contribution in [3.63, 3.8) is 0 Å². The maximum atomic E-state index is 13.1. The Morgan fingerprint density at radius 1 is 1.05 bits per heavy atom. The van der Waals surface area contributed by atoms with E-state index in [1.165, 1.54) is 12.1 Å². The molecule has 1 aliphatic heterocycles. The van der Waals surface area contributed by atoms with Gasteiger partial charge in [0.25, 0.3) is 0 Å². The predicted octanol–water partition coefficient (Wildman–Crippen LogP) is 3.92. The number of hydrogen-bond acceptors (Lipinski definition) is 3. The molecule has 0 aliphatic carbocycles. The van der Waals surface area contributed by atoms with E-state index in [-0.39, 0.29) is 14.6 Å². The van der Waals surface area contributed by atoms with E-state index in [1.807, 2.05) is 18.2 Å². The minimum absolute atomic E-state index is 0.0922. The standard InChI is InChI=1S/C13H9F2N3Se/c14-9-4-8(5-10(15)6-9)7-16-11-2-1-3-12-13(11)18-19-17-12/h1-6,16H,7H2. The molecule has 2 aromatic carbocycles. The van der Waals surface area contributed by atoms with E-state index in [9.17, 15) is 8.78 Å². The first-order valence-electron chi connectivity index (χ1n) is 5.62. The Bertz CT molecular complexity index is 689. The molecule has 0 aromatic heterocycles. The summed E-state index contributed by atoms with van der Waals surface area (Å²) in [4.78, 5) is 0. The maximum absolute atomic E-state index is 13.1. The van der Waals surface area contributed by atoms with E-state index < -0.39 is 11.6 Å². The third-order valence-corrected chi connectivity index (χ3v) is 3.83. The van der Waals surface area contributed by atoms with Gasteiger partial charge in [-0.3, -0.25) is 0 Å². The number of rotatable bonds is 3. The van der Waals surface area contributed by atoms with Gasteiger partial charge in [0.15, 0.2) is 0 Å². The molecular weight excluding hydrogens is 315 g/mol. The molecule has 3 rings (SSSR count). The van der Waals surface area contributed by atoms with Crippen LogP contribution in [0.25, 0.3) is 0 Å². The number of nitrogens with zero attached hydrogens (tertiary/aromatic N) is 2. The molecule has 0 unspecified atom stereocenters. The number of fused-ring (bicyclic) bond motifs is 1. The molecule has 0 saturated carbocycles. The Morgan fingerprint density at radius 3 is 2.63 bits per heavy atom. The van der Waals surface area contributed by atoms with Crippen molar-refractivity contribution in [3.8, 4) is 0 Å². The van der Waals surface area contributed by atoms with Crippen molar-refractivity contribution in [1.82, 2.24) is 0 Å². The van der Waals surface area contributed by atoms with Crippen LogP contribution in [0.15, 0.2) is 44.3 Å². The second kappa shape index (κ2) is 5.07. The molecule has 2 aromatic rings. The summed E-state index contributed by atoms with van der Waals surface area (Å²) in [6.45, 7) is 0.341. The van der Waals surface area contributed by atoms with Crippen LogP contribution in [-0.4, -0.2) is 14.6 Å². The average molecular weight is 324 g/mol. The van der Waals surface area contributed by atoms with Crippen LogP contribution in [-0.2, 0) is 6.54 Å². The van der Waals surface area contributed by atoms with E-state index >= 15 is 0 Å². The fourth-order valence-electron chi connectivity index (χ4n) is 1.86. The van der Waals surface area contributed by atoms with Crippen LogP contribution >= 0.6 is 0 Å². The van der Waals surface area contributed by atoms with Crippen molar-refractivity contribution in [2.24, 2.45) is 7.92 Å². The first-order chi connectivity index (χ1) is 9.22. The van der Waals surface area contributed by atoms with Crippen LogP contribution in [0.5, 0.6) is 0 Å². The molecule has 0 fully saturated rings. The zero-order chi connectivity index (χ0) is 13.2. The first-order valence-corrected chi connectivity index (χ1v) is 7.16. The van der Waals surface area contributed by atoms with Crippen molar-refractivity contribution in [1.29, 1.82) is 0 Å². The Labute approximate surface area is 114 Å². The van der Waals surface area contributed by atoms with Gasteiger partial charge in [0, 0.05) is 0 Å². The number of hydrogen-bond donors (Lipinski definition) is 1. The van der Waals surface area contributed by atoms with E-state index in [2.05, 4.69) is 13.2 Å². The Balaban J connectivity index is 1.80. The molecule has 0 radical (unpaired) electrons. The fraction of sp³-hybridized carbons (Fsp3) is 0.0769. The molecule has 6 heteroatoms. The Kier molecular flexibility index (Phi) is 3.27. The molecular formula is C13H9F2N3Se. The molecule has 0 atom stereocenters. The van der Waals surface area contributed by atoms with Crippen molar-refractivity contribution in [2.75, 3.05) is 5.32 Å². The predicted molar refractivity (Wildman–Crippen MR) is 70.1 cm³/mol. The van der Waals surface area contributed by atoms with Gasteiger partial charge in [-0.25, -0.2) is 0 Å². The van der Waals surface area contributed by atoms with Gasteiger partial charge in [-0.15, -0.1) is 0 Å². The quantitative estimate of drug-likeness (QED) is 0.728. The number of anilines is 1. The van der Waals surface area contributed by atoms with Crippen LogP contribution in [0, 0.1) is 11.6 Å². The van der Waals surface area contributed by atoms with Gasteiger partial charge in [0.2, 0.25) is 0 Å². The average Bonchev–Trinajstić information content (AvgIpc) is 2.83. The summed E-state index contributed by atoms with van der Waals surface area (Å²) < 4.78 is 34.8. The first kappa shape index (κ1) is 12.3. The molecule has 0 spiro atoms. The second-order valence-corrected chi connectivity index (χ2v) is 5.18. The van der Waals surface area contributed by atoms with E-state index in [0.717, 1.165) is 23.1 Å². The second-order valence-electron chi connectivity index (χ2n) is 4.07. The topological polar surface area (TPSA) is 36.8 Å². The van der Waals surface area contributed by atoms with Gasteiger partial charge in [0.05, 0.1) is 0 Å². The Morgan fingerprint density at radius 2 is 1.84 bits per heavy atom. The summed E-state index contributed by atoms with van der Waals surface area (Å²) in [5.41, 5.74) is 3.09. The summed E-state index contributed by atoms with van der Waals surface area (Å²) in [5.74, 6) is -1.14. The van der Waals surface area contributed by atoms with Gasteiger partial charge in [-0.05, 0) is 0 Å². The summed E-state index contributed by atoms with van der Waals surface area (Å²) in [7, 11) is 0. The molecule has 0 bridgehead atoms. The van der Waals surface area contributed by atoms with E-state index in [0.29, 0.717) is 12.1 Å². The van der Waals surface area contributed by atoms with Gasteiger partial charge in [0.1, 0.15) is 0 Å². The van der Waals surface area contributed by atoms with Gasteiger partial charge >= 0.3 is 114 Å². The van der Waals surface area contributed by atoms with Gasteiger partial charge < -0.3 is 0 Å². The number of benzene rings is 2. The fourth-order valence-corrected chi connectivity index (χ4v) is 3.01. The molecule has 1 N–H and O–H groups in total. The van der Waals surface area contributed by atoms with Crippen LogP contribution in [0.1, 0.15) is 5.56 Å². The summed E-state index contributed by atoms with van der Waals surface area (Å²) >= 11 is -0.0922. The molecule has 0 saturated heterocycles. The van der Waals surface area contributed by atoms with Crippen molar-refractivity contribution in [2.45, 2.75) is 6.54 Å². The number of nitrogens with one attached hydrogen (secondary N) is 1. The molecule has 0 amide bonds. The van der Waals surface area contributed by atoms with E-state index in [4.69, 9.17) is 0 Å². The van der Waals surface area contributed by atoms with Gasteiger partial charge in [-0.2, -0.15) is 0 Å². The minimum atomic E-state index is -0.571. The molecule has 96 valence electrons. The Hall–Kier alpha value is -1.78. The summed E-state index contributed by atoms with van der Waals surface area (Å²) in [6.07, 6.45) is 0. The molecule has 3 nitrogen and oxygen atoms in total. The van der Waals surface area contributed by atoms with Gasteiger partial charge in [-0.1, -0.05) is 0 Å². The zero-order valence-electron chi connectivity index (χ0n) is 9.73. The summed E-state index contributed by atoms with van der Waals surface area (Å²) in [5, 5.41) is 3.14. The summed E-state index contributed by atoms with van der Waals surface area (Å²) in [6, 6.07) is 9.15. The number of halogens is 2. The molecule has 1 aliphatic rings. The van der Waals surface area contributed by atoms with Crippen molar-refractivity contribution < 1.29 is 8.78 Å². The zero-order valence-corrected chi connectivity index (χ0v) is 11.4. The molecule has 19 heavy (non-hydrogen) atoms. The van der Waals surface area contributed by atoms with Crippen molar-refractivity contribution >= 4 is 31.6 Å². The third-order valence-electron chi connectivity index (χ3n) is 2.69. The normalized spacial score (nSPS) is 12.1. The van der Waals surface area contributed by atoms with Crippen LogP contribution in [0.3, 0.4) is 0 Å². The third kappa shape index (κ3) is 2.64. The van der Waals surface area contributed by atoms with Crippen molar-refractivity contribution in [3.05, 3.63) is 53.6 Å². The van der Waals surface area contributed by atoms with Crippen LogP contribution < -0.4 is 5.32 Å². The SMILES string of the molecule is Fc1cc(F)cc(CNc2cccc3c2N=[Se]=N3)c1. The van der Waals surface area contributed by atoms with E-state index in [1.54, 1.807) is 0 Å². The monoisotopic (exact) mass is 325 g/mol. The van der Waals surface area contributed by atoms with Crippen LogP contribution in [0.4, 0.5) is 25.8 Å². The molecule has 1 heterocycles. The van der Waals surface area contributed by atoms with Crippen LogP contribution in [0.2, 0.25) is 0 Å².